The van der Waals surface area contributed by atoms with Crippen molar-refractivity contribution in [3.8, 4) is 0 Å². The zero-order chi connectivity index (χ0) is 16.3. The van der Waals surface area contributed by atoms with Gasteiger partial charge in [-0.1, -0.05) is 56.3 Å². The Labute approximate surface area is 131 Å². The van der Waals surface area contributed by atoms with E-state index in [1.807, 2.05) is 44.2 Å². The molecular formula is C17H20FNO2S. The maximum Gasteiger partial charge on any atom is 0.246 e. The number of sulfonamides is 1. The maximum atomic E-state index is 13.9. The lowest BCUT2D eigenvalue weighted by molar-refractivity contribution is 0.299. The molecule has 22 heavy (non-hydrogen) atoms. The zero-order valence-electron chi connectivity index (χ0n) is 12.9. The van der Waals surface area contributed by atoms with Crippen molar-refractivity contribution in [2.45, 2.75) is 24.8 Å². The van der Waals surface area contributed by atoms with Gasteiger partial charge in [0.1, 0.15) is 10.7 Å². The third kappa shape index (κ3) is 3.20. The van der Waals surface area contributed by atoms with Crippen LogP contribution in [0, 0.1) is 11.7 Å². The molecule has 0 saturated heterocycles. The number of benzene rings is 2. The van der Waals surface area contributed by atoms with Gasteiger partial charge in [-0.05, 0) is 23.6 Å². The number of hydrogen-bond donors (Lipinski definition) is 0. The van der Waals surface area contributed by atoms with Gasteiger partial charge in [0, 0.05) is 7.05 Å². The van der Waals surface area contributed by atoms with Crippen molar-refractivity contribution in [2.75, 3.05) is 7.05 Å². The number of hydrogen-bond acceptors (Lipinski definition) is 2. The fourth-order valence-electron chi connectivity index (χ4n) is 2.62. The summed E-state index contributed by atoms with van der Waals surface area (Å²) in [6.07, 6.45) is 0. The van der Waals surface area contributed by atoms with Crippen LogP contribution in [-0.4, -0.2) is 19.8 Å². The molecular weight excluding hydrogens is 301 g/mol. The fraction of sp³-hybridized carbons (Fsp3) is 0.294. The van der Waals surface area contributed by atoms with Gasteiger partial charge in [0.2, 0.25) is 10.0 Å². The van der Waals surface area contributed by atoms with Crippen LogP contribution in [0.15, 0.2) is 59.5 Å². The molecule has 0 N–H and O–H groups in total. The van der Waals surface area contributed by atoms with Gasteiger partial charge in [-0.2, -0.15) is 4.31 Å². The molecule has 5 heteroatoms. The molecule has 0 radical (unpaired) electrons. The molecule has 0 heterocycles. The van der Waals surface area contributed by atoms with E-state index in [2.05, 4.69) is 0 Å². The summed E-state index contributed by atoms with van der Waals surface area (Å²) in [6.45, 7) is 3.90. The standard InChI is InChI=1S/C17H20FNO2S/c1-13(2)17(14-9-5-4-6-10-14)19(3)22(20,21)16-12-8-7-11-15(16)18/h4-13,17H,1-3H3. The average Bonchev–Trinajstić information content (AvgIpc) is 2.48. The summed E-state index contributed by atoms with van der Waals surface area (Å²) in [5.74, 6) is -0.682. The van der Waals surface area contributed by atoms with Gasteiger partial charge in [-0.25, -0.2) is 12.8 Å². The molecule has 2 aromatic carbocycles. The van der Waals surface area contributed by atoms with E-state index in [-0.39, 0.29) is 16.9 Å². The van der Waals surface area contributed by atoms with Gasteiger partial charge in [0.15, 0.2) is 0 Å². The third-order valence-electron chi connectivity index (χ3n) is 3.66. The van der Waals surface area contributed by atoms with Crippen LogP contribution in [0.3, 0.4) is 0 Å². The molecule has 0 spiro atoms. The molecule has 0 aliphatic carbocycles. The highest BCUT2D eigenvalue weighted by Crippen LogP contribution is 2.32. The van der Waals surface area contributed by atoms with Crippen molar-refractivity contribution < 1.29 is 12.8 Å². The lowest BCUT2D eigenvalue weighted by Gasteiger charge is -2.31. The molecule has 3 nitrogen and oxygen atoms in total. The van der Waals surface area contributed by atoms with E-state index in [9.17, 15) is 12.8 Å². The molecule has 0 aliphatic heterocycles. The predicted molar refractivity (Wildman–Crippen MR) is 85.4 cm³/mol. The van der Waals surface area contributed by atoms with E-state index in [0.717, 1.165) is 11.6 Å². The largest absolute Gasteiger partial charge is 0.246 e. The van der Waals surface area contributed by atoms with Crippen LogP contribution in [0.5, 0.6) is 0 Å². The van der Waals surface area contributed by atoms with E-state index in [4.69, 9.17) is 0 Å². The Hall–Kier alpha value is -1.72. The fourth-order valence-corrected chi connectivity index (χ4v) is 4.16. The Morgan fingerprint density at radius 3 is 2.05 bits per heavy atom. The lowest BCUT2D eigenvalue weighted by atomic mass is 9.96. The molecule has 0 fully saturated rings. The topological polar surface area (TPSA) is 37.4 Å². The first-order valence-corrected chi connectivity index (χ1v) is 8.57. The van der Waals surface area contributed by atoms with Gasteiger partial charge in [-0.15, -0.1) is 0 Å². The van der Waals surface area contributed by atoms with Crippen molar-refractivity contribution >= 4 is 10.0 Å². The second kappa shape index (κ2) is 6.58. The highest BCUT2D eigenvalue weighted by Gasteiger charge is 2.32. The monoisotopic (exact) mass is 321 g/mol. The summed E-state index contributed by atoms with van der Waals surface area (Å²) >= 11 is 0. The van der Waals surface area contributed by atoms with Crippen LogP contribution in [0.25, 0.3) is 0 Å². The molecule has 118 valence electrons. The highest BCUT2D eigenvalue weighted by atomic mass is 32.2. The lowest BCUT2D eigenvalue weighted by Crippen LogP contribution is -2.34. The third-order valence-corrected chi connectivity index (χ3v) is 5.53. The molecule has 0 saturated carbocycles. The van der Waals surface area contributed by atoms with Gasteiger partial charge in [-0.3, -0.25) is 0 Å². The van der Waals surface area contributed by atoms with Gasteiger partial charge in [0.25, 0.3) is 0 Å². The van der Waals surface area contributed by atoms with Gasteiger partial charge >= 0.3 is 0 Å². The molecule has 0 amide bonds. The van der Waals surface area contributed by atoms with Crippen LogP contribution in [-0.2, 0) is 10.0 Å². The Morgan fingerprint density at radius 2 is 1.50 bits per heavy atom. The van der Waals surface area contributed by atoms with E-state index < -0.39 is 15.8 Å². The molecule has 1 atom stereocenters. The number of halogens is 1. The summed E-state index contributed by atoms with van der Waals surface area (Å²) in [4.78, 5) is -0.293. The van der Waals surface area contributed by atoms with E-state index in [1.165, 1.54) is 29.6 Å². The SMILES string of the molecule is CC(C)C(c1ccccc1)N(C)S(=O)(=O)c1ccccc1F. The summed E-state index contributed by atoms with van der Waals surface area (Å²) in [7, 11) is -2.40. The van der Waals surface area contributed by atoms with Crippen molar-refractivity contribution in [1.29, 1.82) is 0 Å². The molecule has 0 bridgehead atoms. The van der Waals surface area contributed by atoms with E-state index in [1.54, 1.807) is 0 Å². The number of rotatable bonds is 5. The smallest absolute Gasteiger partial charge is 0.207 e. The quantitative estimate of drug-likeness (QED) is 0.839. The van der Waals surface area contributed by atoms with Crippen molar-refractivity contribution in [3.05, 3.63) is 66.0 Å². The Balaban J connectivity index is 2.48. The highest BCUT2D eigenvalue weighted by molar-refractivity contribution is 7.89. The minimum atomic E-state index is -3.90. The summed E-state index contributed by atoms with van der Waals surface area (Å²) in [5.41, 5.74) is 0.889. The van der Waals surface area contributed by atoms with E-state index in [0.29, 0.717) is 0 Å². The molecule has 2 aromatic rings. The average molecular weight is 321 g/mol. The minimum Gasteiger partial charge on any atom is -0.207 e. The van der Waals surface area contributed by atoms with Crippen LogP contribution in [0.4, 0.5) is 4.39 Å². The Bertz CT molecular complexity index is 729. The van der Waals surface area contributed by atoms with E-state index >= 15 is 0 Å². The minimum absolute atomic E-state index is 0.0500. The summed E-state index contributed by atoms with van der Waals surface area (Å²) in [5, 5.41) is 0. The summed E-state index contributed by atoms with van der Waals surface area (Å²) < 4.78 is 40.7. The first-order valence-electron chi connectivity index (χ1n) is 7.13. The molecule has 0 aromatic heterocycles. The van der Waals surface area contributed by atoms with Crippen LogP contribution < -0.4 is 0 Å². The number of nitrogens with zero attached hydrogens (tertiary/aromatic N) is 1. The second-order valence-corrected chi connectivity index (χ2v) is 7.52. The zero-order valence-corrected chi connectivity index (χ0v) is 13.7. The Kier molecular flexibility index (Phi) is 4.98. The molecule has 1 unspecified atom stereocenters. The normalized spacial score (nSPS) is 13.5. The van der Waals surface area contributed by atoms with Crippen molar-refractivity contribution in [2.24, 2.45) is 5.92 Å². The van der Waals surface area contributed by atoms with Gasteiger partial charge < -0.3 is 0 Å². The molecule has 2 rings (SSSR count). The van der Waals surface area contributed by atoms with Crippen LogP contribution in [0.2, 0.25) is 0 Å². The van der Waals surface area contributed by atoms with Crippen molar-refractivity contribution in [1.82, 2.24) is 4.31 Å². The molecule has 0 aliphatic rings. The Morgan fingerprint density at radius 1 is 0.955 bits per heavy atom. The summed E-state index contributed by atoms with van der Waals surface area (Å²) in [6, 6.07) is 14.5. The van der Waals surface area contributed by atoms with Crippen LogP contribution in [0.1, 0.15) is 25.5 Å². The van der Waals surface area contributed by atoms with Gasteiger partial charge in [0.05, 0.1) is 6.04 Å². The van der Waals surface area contributed by atoms with Crippen molar-refractivity contribution in [3.63, 3.8) is 0 Å². The van der Waals surface area contributed by atoms with Crippen LogP contribution >= 0.6 is 0 Å². The first-order chi connectivity index (χ1) is 10.4. The first kappa shape index (κ1) is 16.6. The second-order valence-electron chi connectivity index (χ2n) is 5.55. The maximum absolute atomic E-state index is 13.9. The predicted octanol–water partition coefficient (Wildman–Crippen LogP) is 3.84.